The molecule has 0 atom stereocenters. The third-order valence-electron chi connectivity index (χ3n) is 2.64. The second-order valence-corrected chi connectivity index (χ2v) is 3.88. The minimum atomic E-state index is -0.161. The Morgan fingerprint density at radius 2 is 2.06 bits per heavy atom. The molecular formula is C14H12N2O2. The molecule has 1 aromatic heterocycles. The fourth-order valence-electron chi connectivity index (χ4n) is 1.60. The Balaban J connectivity index is 1.97. The predicted molar refractivity (Wildman–Crippen MR) is 65.8 cm³/mol. The van der Waals surface area contributed by atoms with Crippen molar-refractivity contribution in [3.05, 3.63) is 59.0 Å². The molecule has 0 aliphatic rings. The van der Waals surface area contributed by atoms with Crippen LogP contribution < -0.4 is 5.32 Å². The molecule has 0 aliphatic carbocycles. The van der Waals surface area contributed by atoms with Crippen LogP contribution in [0, 0.1) is 18.3 Å². The van der Waals surface area contributed by atoms with Gasteiger partial charge in [-0.05, 0) is 30.7 Å². The maximum absolute atomic E-state index is 11.8. The number of rotatable bonds is 3. The highest BCUT2D eigenvalue weighted by Crippen LogP contribution is 2.09. The third-order valence-corrected chi connectivity index (χ3v) is 2.64. The van der Waals surface area contributed by atoms with E-state index in [1.165, 1.54) is 6.26 Å². The lowest BCUT2D eigenvalue weighted by Gasteiger charge is -2.04. The Bertz CT molecular complexity index is 591. The first-order chi connectivity index (χ1) is 8.70. The van der Waals surface area contributed by atoms with Crippen LogP contribution in [0.2, 0.25) is 0 Å². The number of carbonyl (C=O) groups excluding carboxylic acids is 1. The highest BCUT2D eigenvalue weighted by molar-refractivity contribution is 5.94. The fourth-order valence-corrected chi connectivity index (χ4v) is 1.60. The van der Waals surface area contributed by atoms with Crippen molar-refractivity contribution in [3.8, 4) is 6.07 Å². The van der Waals surface area contributed by atoms with Crippen LogP contribution in [-0.4, -0.2) is 5.91 Å². The summed E-state index contributed by atoms with van der Waals surface area (Å²) in [5, 5.41) is 11.5. The van der Waals surface area contributed by atoms with Crippen molar-refractivity contribution in [1.29, 1.82) is 5.26 Å². The first-order valence-electron chi connectivity index (χ1n) is 5.52. The summed E-state index contributed by atoms with van der Waals surface area (Å²) in [6.07, 6.45) is 1.49. The number of carbonyl (C=O) groups is 1. The van der Waals surface area contributed by atoms with Crippen molar-refractivity contribution in [2.45, 2.75) is 13.5 Å². The van der Waals surface area contributed by atoms with Crippen molar-refractivity contribution in [3.63, 3.8) is 0 Å². The summed E-state index contributed by atoms with van der Waals surface area (Å²) < 4.78 is 5.07. The molecule has 0 unspecified atom stereocenters. The number of nitrogens with one attached hydrogen (secondary N) is 1. The van der Waals surface area contributed by atoms with E-state index in [0.717, 1.165) is 5.56 Å². The lowest BCUT2D eigenvalue weighted by molar-refractivity contribution is 0.0949. The van der Waals surface area contributed by atoms with Gasteiger partial charge in [0, 0.05) is 6.54 Å². The van der Waals surface area contributed by atoms with Crippen molar-refractivity contribution in [1.82, 2.24) is 5.32 Å². The van der Waals surface area contributed by atoms with Gasteiger partial charge >= 0.3 is 0 Å². The van der Waals surface area contributed by atoms with Gasteiger partial charge in [0.15, 0.2) is 0 Å². The molecule has 0 saturated heterocycles. The van der Waals surface area contributed by atoms with Crippen LogP contribution >= 0.6 is 0 Å². The summed E-state index contributed by atoms with van der Waals surface area (Å²) in [5.74, 6) is 0.443. The summed E-state index contributed by atoms with van der Waals surface area (Å²) in [5.41, 5.74) is 2.10. The maximum Gasteiger partial charge on any atom is 0.255 e. The zero-order valence-electron chi connectivity index (χ0n) is 9.93. The molecule has 2 rings (SSSR count). The molecule has 4 nitrogen and oxygen atoms in total. The number of hydrogen-bond acceptors (Lipinski definition) is 3. The first-order valence-corrected chi connectivity index (χ1v) is 5.52. The standard InChI is InChI=1S/C14H12N2O2/c1-10-13(6-7-18-10)14(17)16-9-12-4-2-11(8-15)3-5-12/h2-7H,9H2,1H3,(H,16,17). The molecule has 1 heterocycles. The van der Waals surface area contributed by atoms with E-state index in [1.807, 2.05) is 18.2 Å². The third kappa shape index (κ3) is 2.58. The van der Waals surface area contributed by atoms with Crippen LogP contribution in [0.1, 0.15) is 27.2 Å². The van der Waals surface area contributed by atoms with Crippen LogP contribution in [-0.2, 0) is 6.54 Å². The van der Waals surface area contributed by atoms with Gasteiger partial charge in [-0.15, -0.1) is 0 Å². The molecule has 1 N–H and O–H groups in total. The molecular weight excluding hydrogens is 228 g/mol. The SMILES string of the molecule is Cc1occc1C(=O)NCc1ccc(C#N)cc1. The van der Waals surface area contributed by atoms with Crippen LogP contribution in [0.25, 0.3) is 0 Å². The van der Waals surface area contributed by atoms with E-state index in [-0.39, 0.29) is 5.91 Å². The summed E-state index contributed by atoms with van der Waals surface area (Å²) in [7, 11) is 0. The van der Waals surface area contributed by atoms with E-state index in [4.69, 9.17) is 9.68 Å². The predicted octanol–water partition coefficient (Wildman–Crippen LogP) is 2.39. The summed E-state index contributed by atoms with van der Waals surface area (Å²) in [4.78, 5) is 11.8. The van der Waals surface area contributed by atoms with E-state index < -0.39 is 0 Å². The first kappa shape index (κ1) is 11.9. The number of amides is 1. The van der Waals surface area contributed by atoms with Gasteiger partial charge in [0.05, 0.1) is 23.5 Å². The largest absolute Gasteiger partial charge is 0.469 e. The number of furan rings is 1. The molecule has 0 radical (unpaired) electrons. The number of hydrogen-bond donors (Lipinski definition) is 1. The number of aryl methyl sites for hydroxylation is 1. The van der Waals surface area contributed by atoms with Crippen LogP contribution in [0.3, 0.4) is 0 Å². The smallest absolute Gasteiger partial charge is 0.255 e. The van der Waals surface area contributed by atoms with E-state index in [1.54, 1.807) is 25.1 Å². The lowest BCUT2D eigenvalue weighted by Crippen LogP contribution is -2.22. The van der Waals surface area contributed by atoms with Crippen molar-refractivity contribution >= 4 is 5.91 Å². The second kappa shape index (κ2) is 5.19. The Labute approximate surface area is 105 Å². The van der Waals surface area contributed by atoms with Crippen LogP contribution in [0.4, 0.5) is 0 Å². The van der Waals surface area contributed by atoms with Gasteiger partial charge in [-0.2, -0.15) is 5.26 Å². The van der Waals surface area contributed by atoms with Crippen LogP contribution in [0.15, 0.2) is 41.0 Å². The Kier molecular flexibility index (Phi) is 3.44. The minimum absolute atomic E-state index is 0.161. The van der Waals surface area contributed by atoms with Gasteiger partial charge < -0.3 is 9.73 Å². The molecule has 1 aromatic carbocycles. The molecule has 0 fully saturated rings. The van der Waals surface area contributed by atoms with Crippen molar-refractivity contribution in [2.24, 2.45) is 0 Å². The van der Waals surface area contributed by atoms with Crippen molar-refractivity contribution in [2.75, 3.05) is 0 Å². The van der Waals surface area contributed by atoms with Gasteiger partial charge in [-0.3, -0.25) is 4.79 Å². The summed E-state index contributed by atoms with van der Waals surface area (Å²) in [6, 6.07) is 10.8. The quantitative estimate of drug-likeness (QED) is 0.895. The van der Waals surface area contributed by atoms with E-state index in [0.29, 0.717) is 23.4 Å². The Morgan fingerprint density at radius 1 is 1.33 bits per heavy atom. The average Bonchev–Trinajstić information content (AvgIpc) is 2.83. The zero-order valence-corrected chi connectivity index (χ0v) is 9.93. The van der Waals surface area contributed by atoms with E-state index >= 15 is 0 Å². The van der Waals surface area contributed by atoms with Gasteiger partial charge in [0.25, 0.3) is 5.91 Å². The molecule has 2 aromatic rings. The van der Waals surface area contributed by atoms with Crippen molar-refractivity contribution < 1.29 is 9.21 Å². The lowest BCUT2D eigenvalue weighted by atomic mass is 10.1. The molecule has 1 amide bonds. The summed E-state index contributed by atoms with van der Waals surface area (Å²) in [6.45, 7) is 2.17. The molecule has 0 aliphatic heterocycles. The topological polar surface area (TPSA) is 66.0 Å². The molecule has 18 heavy (non-hydrogen) atoms. The van der Waals surface area contributed by atoms with Gasteiger partial charge in [0.1, 0.15) is 5.76 Å². The number of nitriles is 1. The average molecular weight is 240 g/mol. The molecule has 90 valence electrons. The fraction of sp³-hybridized carbons (Fsp3) is 0.143. The Hall–Kier alpha value is -2.54. The monoisotopic (exact) mass is 240 g/mol. The van der Waals surface area contributed by atoms with Gasteiger partial charge in [-0.25, -0.2) is 0 Å². The number of benzene rings is 1. The normalized spacial score (nSPS) is 9.78. The second-order valence-electron chi connectivity index (χ2n) is 3.88. The minimum Gasteiger partial charge on any atom is -0.469 e. The Morgan fingerprint density at radius 3 is 2.61 bits per heavy atom. The summed E-state index contributed by atoms with van der Waals surface area (Å²) >= 11 is 0. The highest BCUT2D eigenvalue weighted by atomic mass is 16.3. The maximum atomic E-state index is 11.8. The molecule has 0 saturated carbocycles. The van der Waals surface area contributed by atoms with E-state index in [9.17, 15) is 4.79 Å². The number of nitrogens with zero attached hydrogens (tertiary/aromatic N) is 1. The van der Waals surface area contributed by atoms with Gasteiger partial charge in [0.2, 0.25) is 0 Å². The van der Waals surface area contributed by atoms with Crippen LogP contribution in [0.5, 0.6) is 0 Å². The van der Waals surface area contributed by atoms with E-state index in [2.05, 4.69) is 5.32 Å². The van der Waals surface area contributed by atoms with Gasteiger partial charge in [-0.1, -0.05) is 12.1 Å². The molecule has 0 bridgehead atoms. The molecule has 0 spiro atoms. The zero-order chi connectivity index (χ0) is 13.0. The highest BCUT2D eigenvalue weighted by Gasteiger charge is 2.10. The molecule has 4 heteroatoms.